The Morgan fingerprint density at radius 2 is 1.58 bits per heavy atom. The van der Waals surface area contributed by atoms with Gasteiger partial charge in [-0.2, -0.15) is 23.1 Å². The molecule has 0 aliphatic heterocycles. The maximum Gasteiger partial charge on any atom is 0.317 e. The Morgan fingerprint density at radius 3 is 1.92 bits per heavy atom. The van der Waals surface area contributed by atoms with Crippen LogP contribution in [0.4, 0.5) is 13.2 Å². The molecule has 7 heteroatoms. The van der Waals surface area contributed by atoms with Crippen molar-refractivity contribution in [2.75, 3.05) is 0 Å². The molecule has 12 heavy (non-hydrogen) atoms. The van der Waals surface area contributed by atoms with Crippen LogP contribution in [0.3, 0.4) is 0 Å². The molecule has 0 aliphatic carbocycles. The van der Waals surface area contributed by atoms with Gasteiger partial charge in [0.25, 0.3) is 0 Å². The van der Waals surface area contributed by atoms with E-state index in [1.165, 1.54) is 0 Å². The average molecular weight is 217 g/mol. The molecule has 0 aliphatic rings. The van der Waals surface area contributed by atoms with E-state index in [-0.39, 0.29) is 0 Å². The normalized spacial score (nSPS) is 11.8. The zero-order chi connectivity index (χ0) is 9.35. The molecule has 2 nitrogen and oxygen atoms in total. The molecule has 1 aromatic heterocycles. The summed E-state index contributed by atoms with van der Waals surface area (Å²) in [4.78, 5) is 5.70. The number of nitrogens with zero attached hydrogens (tertiary/aromatic N) is 2. The topological polar surface area (TPSA) is 25.8 Å². The third kappa shape index (κ3) is 2.22. The molecular formula is C5HCl2F3N2. The van der Waals surface area contributed by atoms with Crippen LogP contribution >= 0.6 is 23.2 Å². The zero-order valence-corrected chi connectivity index (χ0v) is 6.87. The van der Waals surface area contributed by atoms with Gasteiger partial charge >= 0.3 is 4.59 Å². The van der Waals surface area contributed by atoms with E-state index in [9.17, 15) is 13.2 Å². The summed E-state index contributed by atoms with van der Waals surface area (Å²) in [6.07, 6.45) is 0. The molecule has 66 valence electrons. The first kappa shape index (κ1) is 9.54. The quantitative estimate of drug-likeness (QED) is 0.532. The van der Waals surface area contributed by atoms with Gasteiger partial charge in [0.15, 0.2) is 0 Å². The molecule has 0 saturated carbocycles. The Balaban J connectivity index is 3.18. The van der Waals surface area contributed by atoms with Gasteiger partial charge in [-0.1, -0.05) is 23.2 Å². The molecule has 0 fully saturated rings. The minimum absolute atomic E-state index is 0.378. The van der Waals surface area contributed by atoms with Crippen LogP contribution in [0.15, 0.2) is 6.07 Å². The highest BCUT2D eigenvalue weighted by Gasteiger charge is 2.30. The molecule has 0 bridgehead atoms. The van der Waals surface area contributed by atoms with Crippen LogP contribution in [0.25, 0.3) is 0 Å². The van der Waals surface area contributed by atoms with E-state index < -0.39 is 22.3 Å². The number of hydrogen-bond donors (Lipinski definition) is 0. The molecule has 0 aromatic carbocycles. The third-order valence-corrected chi connectivity index (χ3v) is 1.26. The summed E-state index contributed by atoms with van der Waals surface area (Å²) in [6.45, 7) is 0. The van der Waals surface area contributed by atoms with Gasteiger partial charge in [0.05, 0.1) is 0 Å². The van der Waals surface area contributed by atoms with Crippen LogP contribution in [0.5, 0.6) is 0 Å². The minimum atomic E-state index is -2.98. The van der Waals surface area contributed by atoms with Gasteiger partial charge < -0.3 is 0 Å². The van der Waals surface area contributed by atoms with Gasteiger partial charge in [-0.25, -0.2) is 0 Å². The number of rotatable bonds is 1. The first-order valence-corrected chi connectivity index (χ1v) is 3.42. The summed E-state index contributed by atoms with van der Waals surface area (Å²) in [5.41, 5.74) is 0. The molecule has 0 unspecified atom stereocenters. The van der Waals surface area contributed by atoms with Crippen LogP contribution in [-0.4, -0.2) is 9.97 Å². The molecule has 1 rings (SSSR count). The van der Waals surface area contributed by atoms with Crippen molar-refractivity contribution < 1.29 is 13.2 Å². The second kappa shape index (κ2) is 3.06. The highest BCUT2D eigenvalue weighted by Crippen LogP contribution is 2.32. The fourth-order valence-electron chi connectivity index (χ4n) is 0.517. The summed E-state index contributed by atoms with van der Waals surface area (Å²) in [6, 6.07) is 0.378. The molecule has 0 saturated heterocycles. The molecule has 0 N–H and O–H groups in total. The summed E-state index contributed by atoms with van der Waals surface area (Å²) in [7, 11) is 0. The maximum absolute atomic E-state index is 12.6. The number of alkyl halides is 3. The Bertz CT molecular complexity index is 279. The van der Waals surface area contributed by atoms with Gasteiger partial charge in [0.1, 0.15) is 0 Å². The van der Waals surface area contributed by atoms with E-state index in [0.29, 0.717) is 6.07 Å². The summed E-state index contributed by atoms with van der Waals surface area (Å²) < 4.78 is 34.1. The van der Waals surface area contributed by atoms with Crippen molar-refractivity contribution >= 4 is 23.2 Å². The van der Waals surface area contributed by atoms with Crippen LogP contribution in [0.1, 0.15) is 5.82 Å². The van der Waals surface area contributed by atoms with Gasteiger partial charge in [0, 0.05) is 6.07 Å². The lowest BCUT2D eigenvalue weighted by atomic mass is 10.5. The monoisotopic (exact) mass is 216 g/mol. The molecule has 0 radical (unpaired) electrons. The fraction of sp³-hybridized carbons (Fsp3) is 0.200. The summed E-state index contributed by atoms with van der Waals surface area (Å²) in [5, 5.41) is 0. The number of aromatic nitrogens is 2. The van der Waals surface area contributed by atoms with Crippen LogP contribution in [0, 0.1) is 11.9 Å². The molecule has 0 atom stereocenters. The highest BCUT2D eigenvalue weighted by molar-refractivity contribution is 6.46. The lowest BCUT2D eigenvalue weighted by molar-refractivity contribution is 0.370. The molecular weight excluding hydrogens is 216 g/mol. The van der Waals surface area contributed by atoms with E-state index >= 15 is 0 Å². The van der Waals surface area contributed by atoms with E-state index in [4.69, 9.17) is 23.2 Å². The van der Waals surface area contributed by atoms with Gasteiger partial charge in [0.2, 0.25) is 17.7 Å². The third-order valence-electron chi connectivity index (χ3n) is 0.917. The largest absolute Gasteiger partial charge is 0.317 e. The molecule has 0 amide bonds. The van der Waals surface area contributed by atoms with Crippen LogP contribution in [0.2, 0.25) is 0 Å². The highest BCUT2D eigenvalue weighted by atomic mass is 35.5. The number of halogens is 5. The van der Waals surface area contributed by atoms with E-state index in [1.807, 2.05) is 0 Å². The van der Waals surface area contributed by atoms with Crippen molar-refractivity contribution in [3.8, 4) is 0 Å². The second-order valence-corrected chi connectivity index (χ2v) is 3.07. The molecule has 1 aromatic rings. The zero-order valence-electron chi connectivity index (χ0n) is 5.36. The van der Waals surface area contributed by atoms with E-state index in [2.05, 4.69) is 9.97 Å². The Hall–Kier alpha value is -0.550. The minimum Gasteiger partial charge on any atom is -0.199 e. The predicted octanol–water partition coefficient (Wildman–Crippen LogP) is 2.31. The van der Waals surface area contributed by atoms with Gasteiger partial charge in [-0.15, -0.1) is 0 Å². The van der Waals surface area contributed by atoms with Gasteiger partial charge in [-0.05, 0) is 0 Å². The smallest absolute Gasteiger partial charge is 0.199 e. The number of hydrogen-bond acceptors (Lipinski definition) is 2. The fourth-order valence-corrected chi connectivity index (χ4v) is 0.686. The lowest BCUT2D eigenvalue weighted by Gasteiger charge is -2.06. The summed E-state index contributed by atoms with van der Waals surface area (Å²) in [5.74, 6) is -3.43. The predicted molar refractivity (Wildman–Crippen MR) is 36.4 cm³/mol. The standard InChI is InChI=1S/C5HCl2F3N2/c6-5(7,10)4-11-2(8)1-3(9)12-4/h1H. The van der Waals surface area contributed by atoms with Crippen LogP contribution in [-0.2, 0) is 4.59 Å². The van der Waals surface area contributed by atoms with E-state index in [1.54, 1.807) is 0 Å². The first-order valence-electron chi connectivity index (χ1n) is 2.67. The SMILES string of the molecule is Fc1cc(F)nc(C(F)(Cl)Cl)n1. The average Bonchev–Trinajstić information content (AvgIpc) is 1.82. The Morgan fingerprint density at radius 1 is 1.17 bits per heavy atom. The van der Waals surface area contributed by atoms with Crippen molar-refractivity contribution in [3.63, 3.8) is 0 Å². The maximum atomic E-state index is 12.6. The van der Waals surface area contributed by atoms with Crippen molar-refractivity contribution in [3.05, 3.63) is 23.8 Å². The Kier molecular flexibility index (Phi) is 2.44. The van der Waals surface area contributed by atoms with Crippen molar-refractivity contribution in [1.29, 1.82) is 0 Å². The lowest BCUT2D eigenvalue weighted by Crippen LogP contribution is -2.10. The van der Waals surface area contributed by atoms with E-state index in [0.717, 1.165) is 0 Å². The molecule has 1 heterocycles. The molecule has 0 spiro atoms. The van der Waals surface area contributed by atoms with Crippen molar-refractivity contribution in [2.24, 2.45) is 0 Å². The first-order chi connectivity index (χ1) is 5.39. The van der Waals surface area contributed by atoms with Crippen molar-refractivity contribution in [1.82, 2.24) is 9.97 Å². The summed E-state index contributed by atoms with van der Waals surface area (Å²) >= 11 is 9.69. The van der Waals surface area contributed by atoms with Crippen LogP contribution < -0.4 is 0 Å². The Labute approximate surface area is 75.3 Å². The van der Waals surface area contributed by atoms with Gasteiger partial charge in [-0.3, -0.25) is 0 Å². The van der Waals surface area contributed by atoms with Crippen molar-refractivity contribution in [2.45, 2.75) is 4.59 Å². The second-order valence-electron chi connectivity index (χ2n) is 1.83.